The quantitative estimate of drug-likeness (QED) is 0.634. The minimum absolute atomic E-state index is 0.268. The molecule has 0 aromatic rings. The molecule has 0 rings (SSSR count). The Morgan fingerprint density at radius 3 is 1.95 bits per heavy atom. The zero-order chi connectivity index (χ0) is 15.6. The number of hydrogen-bond acceptors (Lipinski definition) is 3. The molecule has 0 bridgehead atoms. The van der Waals surface area contributed by atoms with E-state index in [1.807, 2.05) is 4.90 Å². The van der Waals surface area contributed by atoms with Gasteiger partial charge in [0.05, 0.1) is 5.41 Å². The van der Waals surface area contributed by atoms with Crippen molar-refractivity contribution in [2.24, 2.45) is 11.1 Å². The Bertz CT molecular complexity index is 260. The van der Waals surface area contributed by atoms with Crippen molar-refractivity contribution in [3.05, 3.63) is 0 Å². The summed E-state index contributed by atoms with van der Waals surface area (Å²) < 4.78 is 0. The lowest BCUT2D eigenvalue weighted by Crippen LogP contribution is -2.48. The van der Waals surface area contributed by atoms with Gasteiger partial charge in [-0.25, -0.2) is 0 Å². The molecular formula is C16H35N3O. The maximum Gasteiger partial charge on any atom is 0.230 e. The third kappa shape index (κ3) is 5.80. The molecule has 0 saturated carbocycles. The largest absolute Gasteiger partial charge is 0.342 e. The number of nitrogens with zero attached hydrogens (tertiary/aromatic N) is 2. The predicted octanol–water partition coefficient (Wildman–Crippen LogP) is 2.33. The van der Waals surface area contributed by atoms with E-state index in [1.165, 1.54) is 0 Å². The summed E-state index contributed by atoms with van der Waals surface area (Å²) in [7, 11) is 4.13. The summed E-state index contributed by atoms with van der Waals surface area (Å²) in [5.41, 5.74) is 5.66. The molecule has 2 N–H and O–H groups in total. The van der Waals surface area contributed by atoms with Gasteiger partial charge in [0, 0.05) is 19.6 Å². The van der Waals surface area contributed by atoms with E-state index in [0.29, 0.717) is 6.54 Å². The Hall–Kier alpha value is -0.610. The highest BCUT2D eigenvalue weighted by atomic mass is 16.2. The first-order valence-corrected chi connectivity index (χ1v) is 8.11. The van der Waals surface area contributed by atoms with E-state index < -0.39 is 0 Å². The van der Waals surface area contributed by atoms with Crippen LogP contribution in [0.3, 0.4) is 0 Å². The van der Waals surface area contributed by atoms with Crippen LogP contribution in [0.1, 0.15) is 52.9 Å². The lowest BCUT2D eigenvalue weighted by molar-refractivity contribution is -0.142. The zero-order valence-corrected chi connectivity index (χ0v) is 14.2. The number of carbonyl (C=O) groups excluding carboxylic acids is 1. The van der Waals surface area contributed by atoms with Crippen LogP contribution in [0.2, 0.25) is 0 Å². The molecular weight excluding hydrogens is 250 g/mol. The van der Waals surface area contributed by atoms with Crippen LogP contribution >= 0.6 is 0 Å². The minimum atomic E-state index is -0.336. The van der Waals surface area contributed by atoms with E-state index in [0.717, 1.165) is 51.7 Å². The first-order valence-electron chi connectivity index (χ1n) is 8.11. The number of carbonyl (C=O) groups is 1. The smallest absolute Gasteiger partial charge is 0.230 e. The Labute approximate surface area is 125 Å². The molecule has 120 valence electrons. The van der Waals surface area contributed by atoms with E-state index in [4.69, 9.17) is 5.73 Å². The third-order valence-electron chi connectivity index (χ3n) is 4.00. The predicted molar refractivity (Wildman–Crippen MR) is 86.7 cm³/mol. The van der Waals surface area contributed by atoms with Gasteiger partial charge in [-0.05, 0) is 46.8 Å². The molecule has 1 amide bonds. The van der Waals surface area contributed by atoms with Gasteiger partial charge in [0.1, 0.15) is 0 Å². The van der Waals surface area contributed by atoms with Gasteiger partial charge in [0.15, 0.2) is 0 Å². The number of rotatable bonds is 11. The van der Waals surface area contributed by atoms with Crippen molar-refractivity contribution in [2.75, 3.05) is 40.3 Å². The van der Waals surface area contributed by atoms with Crippen LogP contribution in [-0.2, 0) is 4.79 Å². The third-order valence-corrected chi connectivity index (χ3v) is 4.00. The van der Waals surface area contributed by atoms with E-state index in [2.05, 4.69) is 39.8 Å². The Kier molecular flexibility index (Phi) is 9.86. The van der Waals surface area contributed by atoms with Crippen molar-refractivity contribution in [3.8, 4) is 0 Å². The molecule has 4 heteroatoms. The van der Waals surface area contributed by atoms with Crippen molar-refractivity contribution in [2.45, 2.75) is 52.9 Å². The van der Waals surface area contributed by atoms with Gasteiger partial charge in [0.25, 0.3) is 0 Å². The highest BCUT2D eigenvalue weighted by molar-refractivity contribution is 5.83. The van der Waals surface area contributed by atoms with E-state index in [-0.39, 0.29) is 11.3 Å². The molecule has 20 heavy (non-hydrogen) atoms. The molecule has 0 aromatic carbocycles. The standard InChI is InChI=1S/C16H35N3O/c1-6-10-16(14-17,11-7-2)15(20)19(8-3)13-9-12-18(4)5/h6-14,17H2,1-5H3. The molecule has 0 aromatic heterocycles. The molecule has 0 saturated heterocycles. The number of amides is 1. The first kappa shape index (κ1) is 19.4. The average molecular weight is 285 g/mol. The Balaban J connectivity index is 4.80. The minimum Gasteiger partial charge on any atom is -0.342 e. The van der Waals surface area contributed by atoms with Crippen LogP contribution in [-0.4, -0.2) is 56.0 Å². The lowest BCUT2D eigenvalue weighted by atomic mass is 9.78. The van der Waals surface area contributed by atoms with Crippen molar-refractivity contribution >= 4 is 5.91 Å². The molecule has 0 spiro atoms. The molecule has 0 aliphatic rings. The molecule has 0 aliphatic carbocycles. The summed E-state index contributed by atoms with van der Waals surface area (Å²) in [6, 6.07) is 0. The van der Waals surface area contributed by atoms with Gasteiger partial charge < -0.3 is 15.5 Å². The SMILES string of the molecule is CCCC(CN)(CCC)C(=O)N(CC)CCCN(C)C. The molecule has 4 nitrogen and oxygen atoms in total. The Morgan fingerprint density at radius 2 is 1.60 bits per heavy atom. The lowest BCUT2D eigenvalue weighted by Gasteiger charge is -2.36. The zero-order valence-electron chi connectivity index (χ0n) is 14.2. The Morgan fingerprint density at radius 1 is 1.05 bits per heavy atom. The number of nitrogens with two attached hydrogens (primary N) is 1. The van der Waals surface area contributed by atoms with Gasteiger partial charge in [0.2, 0.25) is 5.91 Å². The molecule has 0 aliphatic heterocycles. The fourth-order valence-electron chi connectivity index (χ4n) is 2.90. The summed E-state index contributed by atoms with van der Waals surface area (Å²) in [6.45, 7) is 9.43. The van der Waals surface area contributed by atoms with Gasteiger partial charge in [-0.3, -0.25) is 4.79 Å². The number of hydrogen-bond donors (Lipinski definition) is 1. The van der Waals surface area contributed by atoms with E-state index in [1.54, 1.807) is 0 Å². The molecule has 0 radical (unpaired) electrons. The van der Waals surface area contributed by atoms with Crippen LogP contribution in [0.4, 0.5) is 0 Å². The summed E-state index contributed by atoms with van der Waals surface area (Å²) in [4.78, 5) is 17.1. The van der Waals surface area contributed by atoms with E-state index in [9.17, 15) is 4.79 Å². The van der Waals surface area contributed by atoms with Crippen molar-refractivity contribution in [3.63, 3.8) is 0 Å². The van der Waals surface area contributed by atoms with Crippen molar-refractivity contribution in [1.82, 2.24) is 9.80 Å². The highest BCUT2D eigenvalue weighted by Gasteiger charge is 2.37. The first-order chi connectivity index (χ1) is 9.47. The fourth-order valence-corrected chi connectivity index (χ4v) is 2.90. The molecule has 0 unspecified atom stereocenters. The summed E-state index contributed by atoms with van der Waals surface area (Å²) in [5.74, 6) is 0.268. The summed E-state index contributed by atoms with van der Waals surface area (Å²) in [5, 5.41) is 0. The summed E-state index contributed by atoms with van der Waals surface area (Å²) >= 11 is 0. The topological polar surface area (TPSA) is 49.6 Å². The second-order valence-corrected chi connectivity index (χ2v) is 6.03. The van der Waals surface area contributed by atoms with Crippen molar-refractivity contribution in [1.29, 1.82) is 0 Å². The van der Waals surface area contributed by atoms with Gasteiger partial charge in [-0.15, -0.1) is 0 Å². The molecule has 0 fully saturated rings. The van der Waals surface area contributed by atoms with Crippen LogP contribution in [0.25, 0.3) is 0 Å². The van der Waals surface area contributed by atoms with Crippen molar-refractivity contribution < 1.29 is 4.79 Å². The second kappa shape index (κ2) is 10.2. The van der Waals surface area contributed by atoms with Gasteiger partial charge in [-0.2, -0.15) is 0 Å². The van der Waals surface area contributed by atoms with Crippen LogP contribution in [0.5, 0.6) is 0 Å². The summed E-state index contributed by atoms with van der Waals surface area (Å²) in [6.07, 6.45) is 4.85. The van der Waals surface area contributed by atoms with Crippen LogP contribution < -0.4 is 5.73 Å². The maximum absolute atomic E-state index is 12.9. The van der Waals surface area contributed by atoms with Gasteiger partial charge >= 0.3 is 0 Å². The normalized spacial score (nSPS) is 11.9. The fraction of sp³-hybridized carbons (Fsp3) is 0.938. The molecule has 0 atom stereocenters. The average Bonchev–Trinajstić information content (AvgIpc) is 2.42. The maximum atomic E-state index is 12.9. The second-order valence-electron chi connectivity index (χ2n) is 6.03. The van der Waals surface area contributed by atoms with Crippen LogP contribution in [0, 0.1) is 5.41 Å². The van der Waals surface area contributed by atoms with E-state index >= 15 is 0 Å². The highest BCUT2D eigenvalue weighted by Crippen LogP contribution is 2.31. The monoisotopic (exact) mass is 285 g/mol. The van der Waals surface area contributed by atoms with Crippen LogP contribution in [0.15, 0.2) is 0 Å². The van der Waals surface area contributed by atoms with Gasteiger partial charge in [-0.1, -0.05) is 26.7 Å². The molecule has 0 heterocycles.